The van der Waals surface area contributed by atoms with Gasteiger partial charge in [0.15, 0.2) is 0 Å². The largest absolute Gasteiger partial charge is 0.383 e. The average molecular weight is 142 g/mol. The topological polar surface area (TPSA) is 79.1 Å². The van der Waals surface area contributed by atoms with Crippen LogP contribution in [0.25, 0.3) is 0 Å². The highest BCUT2D eigenvalue weighted by Gasteiger charge is 2.02. The summed E-state index contributed by atoms with van der Waals surface area (Å²) in [6, 6.07) is 0. The highest BCUT2D eigenvalue weighted by Crippen LogP contribution is 2.07. The third kappa shape index (κ3) is 1.09. The van der Waals surface area contributed by atoms with Gasteiger partial charge in [0.05, 0.1) is 6.33 Å². The van der Waals surface area contributed by atoms with Crippen LogP contribution in [-0.2, 0) is 18.5 Å². The maximum atomic E-state index is 5.55. The zero-order valence-corrected chi connectivity index (χ0v) is 5.74. The van der Waals surface area contributed by atoms with Gasteiger partial charge in [0.2, 0.25) is 0 Å². The summed E-state index contributed by atoms with van der Waals surface area (Å²) in [7, 11) is 1.81. The molecule has 0 aliphatic carbocycles. The Balaban J connectivity index is 2.83. The SMILES string of the molecule is Cn1cnc(CON)c1N. The first kappa shape index (κ1) is 7.04. The minimum absolute atomic E-state index is 0.257. The number of rotatable bonds is 2. The lowest BCUT2D eigenvalue weighted by atomic mass is 10.5. The summed E-state index contributed by atoms with van der Waals surface area (Å²) in [6.45, 7) is 0.257. The molecular weight excluding hydrogens is 132 g/mol. The second-order valence-electron chi connectivity index (χ2n) is 2.00. The van der Waals surface area contributed by atoms with Crippen LogP contribution >= 0.6 is 0 Å². The first-order chi connectivity index (χ1) is 4.75. The molecule has 0 saturated carbocycles. The van der Waals surface area contributed by atoms with Crippen molar-refractivity contribution in [2.24, 2.45) is 12.9 Å². The van der Waals surface area contributed by atoms with Gasteiger partial charge in [-0.2, -0.15) is 0 Å². The van der Waals surface area contributed by atoms with Crippen molar-refractivity contribution >= 4 is 5.82 Å². The number of nitrogens with two attached hydrogens (primary N) is 2. The van der Waals surface area contributed by atoms with E-state index in [0.29, 0.717) is 11.5 Å². The Bertz CT molecular complexity index is 219. The molecule has 4 N–H and O–H groups in total. The molecule has 56 valence electrons. The molecule has 0 atom stereocenters. The molecular formula is C5H10N4O. The molecule has 0 radical (unpaired) electrons. The number of aromatic nitrogens is 2. The molecule has 0 fully saturated rings. The molecule has 0 unspecified atom stereocenters. The molecule has 5 nitrogen and oxygen atoms in total. The maximum absolute atomic E-state index is 5.55. The van der Waals surface area contributed by atoms with E-state index in [1.54, 1.807) is 10.9 Å². The molecule has 1 aromatic heterocycles. The lowest BCUT2D eigenvalue weighted by Gasteiger charge is -1.96. The molecule has 0 saturated heterocycles. The van der Waals surface area contributed by atoms with Crippen molar-refractivity contribution in [3.8, 4) is 0 Å². The number of hydrogen-bond acceptors (Lipinski definition) is 4. The van der Waals surface area contributed by atoms with Crippen LogP contribution in [0.15, 0.2) is 6.33 Å². The number of imidazole rings is 1. The van der Waals surface area contributed by atoms with Gasteiger partial charge in [0.1, 0.15) is 18.1 Å². The van der Waals surface area contributed by atoms with Crippen LogP contribution in [0.3, 0.4) is 0 Å². The van der Waals surface area contributed by atoms with Gasteiger partial charge in [0, 0.05) is 7.05 Å². The maximum Gasteiger partial charge on any atom is 0.128 e. The van der Waals surface area contributed by atoms with Gasteiger partial charge in [-0.05, 0) is 0 Å². The van der Waals surface area contributed by atoms with E-state index in [0.717, 1.165) is 0 Å². The van der Waals surface area contributed by atoms with Crippen molar-refractivity contribution in [3.63, 3.8) is 0 Å². The molecule has 0 spiro atoms. The molecule has 1 rings (SSSR count). The Morgan fingerprint density at radius 3 is 2.90 bits per heavy atom. The summed E-state index contributed by atoms with van der Waals surface area (Å²) in [4.78, 5) is 8.30. The normalized spacial score (nSPS) is 10.2. The minimum atomic E-state index is 0.257. The van der Waals surface area contributed by atoms with E-state index in [1.165, 1.54) is 0 Å². The van der Waals surface area contributed by atoms with E-state index in [-0.39, 0.29) is 6.61 Å². The van der Waals surface area contributed by atoms with Gasteiger partial charge in [-0.25, -0.2) is 10.9 Å². The lowest BCUT2D eigenvalue weighted by molar-refractivity contribution is 0.122. The Labute approximate surface area is 58.5 Å². The van der Waals surface area contributed by atoms with E-state index in [4.69, 9.17) is 11.6 Å². The van der Waals surface area contributed by atoms with Crippen LogP contribution < -0.4 is 11.6 Å². The highest BCUT2D eigenvalue weighted by molar-refractivity contribution is 5.34. The fourth-order valence-electron chi connectivity index (χ4n) is 0.678. The Morgan fingerprint density at radius 2 is 2.50 bits per heavy atom. The fraction of sp³-hybridized carbons (Fsp3) is 0.400. The van der Waals surface area contributed by atoms with Gasteiger partial charge in [-0.3, -0.25) is 4.84 Å². The van der Waals surface area contributed by atoms with Crippen molar-refractivity contribution in [2.45, 2.75) is 6.61 Å². The van der Waals surface area contributed by atoms with Crippen LogP contribution in [-0.4, -0.2) is 9.55 Å². The average Bonchev–Trinajstić information content (AvgIpc) is 2.20. The number of nitrogen functional groups attached to an aromatic ring is 1. The smallest absolute Gasteiger partial charge is 0.128 e. The molecule has 0 aliphatic heterocycles. The van der Waals surface area contributed by atoms with Crippen molar-refractivity contribution in [1.82, 2.24) is 9.55 Å². The Morgan fingerprint density at radius 1 is 1.80 bits per heavy atom. The Kier molecular flexibility index (Phi) is 1.88. The van der Waals surface area contributed by atoms with Gasteiger partial charge in [0.25, 0.3) is 0 Å². The number of aryl methyl sites for hydroxylation is 1. The van der Waals surface area contributed by atoms with E-state index in [1.807, 2.05) is 7.05 Å². The van der Waals surface area contributed by atoms with Crippen LogP contribution in [0.2, 0.25) is 0 Å². The van der Waals surface area contributed by atoms with Crippen molar-refractivity contribution in [3.05, 3.63) is 12.0 Å². The zero-order chi connectivity index (χ0) is 7.56. The first-order valence-electron chi connectivity index (χ1n) is 2.83. The van der Waals surface area contributed by atoms with Gasteiger partial charge < -0.3 is 10.3 Å². The second-order valence-corrected chi connectivity index (χ2v) is 2.00. The lowest BCUT2D eigenvalue weighted by Crippen LogP contribution is -2.03. The molecule has 0 bridgehead atoms. The van der Waals surface area contributed by atoms with Crippen molar-refractivity contribution in [2.75, 3.05) is 5.73 Å². The van der Waals surface area contributed by atoms with Crippen molar-refractivity contribution < 1.29 is 4.84 Å². The molecule has 0 aromatic carbocycles. The van der Waals surface area contributed by atoms with Crippen LogP contribution in [0.4, 0.5) is 5.82 Å². The molecule has 5 heteroatoms. The summed E-state index contributed by atoms with van der Waals surface area (Å²) in [5.41, 5.74) is 6.22. The van der Waals surface area contributed by atoms with E-state index < -0.39 is 0 Å². The highest BCUT2D eigenvalue weighted by atomic mass is 16.6. The van der Waals surface area contributed by atoms with Gasteiger partial charge >= 0.3 is 0 Å². The number of hydrogen-bond donors (Lipinski definition) is 2. The second kappa shape index (κ2) is 2.68. The quantitative estimate of drug-likeness (QED) is 0.540. The molecule has 1 aromatic rings. The number of nitrogens with zero attached hydrogens (tertiary/aromatic N) is 2. The minimum Gasteiger partial charge on any atom is -0.383 e. The summed E-state index contributed by atoms with van der Waals surface area (Å²) < 4.78 is 1.70. The van der Waals surface area contributed by atoms with Crippen molar-refractivity contribution in [1.29, 1.82) is 0 Å². The fourth-order valence-corrected chi connectivity index (χ4v) is 0.678. The van der Waals surface area contributed by atoms with Gasteiger partial charge in [-0.15, -0.1) is 0 Å². The Hall–Kier alpha value is -1.07. The van der Waals surface area contributed by atoms with E-state index in [9.17, 15) is 0 Å². The van der Waals surface area contributed by atoms with E-state index >= 15 is 0 Å². The van der Waals surface area contributed by atoms with E-state index in [2.05, 4.69) is 9.82 Å². The monoisotopic (exact) mass is 142 g/mol. The van der Waals surface area contributed by atoms with Crippen LogP contribution in [0.5, 0.6) is 0 Å². The first-order valence-corrected chi connectivity index (χ1v) is 2.83. The summed E-state index contributed by atoms with van der Waals surface area (Å²) in [5.74, 6) is 5.42. The predicted octanol–water partition coefficient (Wildman–Crippen LogP) is -0.607. The standard InChI is InChI=1S/C5H10N4O/c1-9-3-8-4(2-10-7)5(9)6/h3H,2,6-7H2,1H3. The zero-order valence-electron chi connectivity index (χ0n) is 5.74. The molecule has 0 amide bonds. The molecule has 0 aliphatic rings. The molecule has 1 heterocycles. The third-order valence-electron chi connectivity index (χ3n) is 1.28. The van der Waals surface area contributed by atoms with Crippen LogP contribution in [0.1, 0.15) is 5.69 Å². The summed E-state index contributed by atoms with van der Waals surface area (Å²) in [6.07, 6.45) is 1.61. The predicted molar refractivity (Wildman–Crippen MR) is 36.6 cm³/mol. The molecule has 10 heavy (non-hydrogen) atoms. The van der Waals surface area contributed by atoms with Crippen LogP contribution in [0, 0.1) is 0 Å². The summed E-state index contributed by atoms with van der Waals surface area (Å²) in [5, 5.41) is 0. The third-order valence-corrected chi connectivity index (χ3v) is 1.28. The summed E-state index contributed by atoms with van der Waals surface area (Å²) >= 11 is 0. The number of anilines is 1. The van der Waals surface area contributed by atoms with Gasteiger partial charge in [-0.1, -0.05) is 0 Å².